The summed E-state index contributed by atoms with van der Waals surface area (Å²) in [6.07, 6.45) is 6.51. The average molecular weight is 229 g/mol. The zero-order chi connectivity index (χ0) is 12.1. The number of nitrogens with one attached hydrogen (secondary N) is 1. The third kappa shape index (κ3) is 2.60. The van der Waals surface area contributed by atoms with Gasteiger partial charge in [-0.2, -0.15) is 0 Å². The Bertz CT molecular complexity index is 503. The monoisotopic (exact) mass is 229 g/mol. The van der Waals surface area contributed by atoms with Gasteiger partial charge < -0.3 is 5.41 Å². The quantitative estimate of drug-likeness (QED) is 0.490. The van der Waals surface area contributed by atoms with E-state index in [1.54, 1.807) is 36.4 Å². The molecule has 2 rings (SSSR count). The number of hydrogen-bond donors (Lipinski definition) is 1. The summed E-state index contributed by atoms with van der Waals surface area (Å²) < 4.78 is 0. The number of carbonyl (C=O) groups excluding carboxylic acids is 1. The van der Waals surface area contributed by atoms with E-state index in [-0.39, 0.29) is 0 Å². The second-order valence-electron chi connectivity index (χ2n) is 3.46. The van der Waals surface area contributed by atoms with Crippen LogP contribution < -0.4 is 4.89 Å². The van der Waals surface area contributed by atoms with E-state index in [0.29, 0.717) is 35.5 Å². The normalized spacial score (nSPS) is 14.1. The maximum absolute atomic E-state index is 10.7. The van der Waals surface area contributed by atoms with Crippen LogP contribution in [0.5, 0.6) is 5.75 Å². The molecule has 17 heavy (non-hydrogen) atoms. The highest BCUT2D eigenvalue weighted by atomic mass is 17.2. The van der Waals surface area contributed by atoms with Gasteiger partial charge in [0.2, 0.25) is 0 Å². The van der Waals surface area contributed by atoms with Crippen molar-refractivity contribution in [2.24, 2.45) is 0 Å². The second-order valence-corrected chi connectivity index (χ2v) is 3.46. The Labute approximate surface area is 98.6 Å². The number of allylic oxidation sites excluding steroid dienone is 4. The number of carbonyl (C=O) groups is 1. The van der Waals surface area contributed by atoms with E-state index < -0.39 is 0 Å². The summed E-state index contributed by atoms with van der Waals surface area (Å²) in [6.45, 7) is 0. The molecule has 86 valence electrons. The van der Waals surface area contributed by atoms with Crippen molar-refractivity contribution < 1.29 is 14.6 Å². The molecule has 0 fully saturated rings. The molecule has 1 N–H and O–H groups in total. The second kappa shape index (κ2) is 5.12. The summed E-state index contributed by atoms with van der Waals surface area (Å²) in [5, 5.41) is 7.62. The molecular formula is C13H11NO3. The zero-order valence-electron chi connectivity index (χ0n) is 9.05. The predicted molar refractivity (Wildman–Crippen MR) is 63.1 cm³/mol. The summed E-state index contributed by atoms with van der Waals surface area (Å²) >= 11 is 0. The van der Waals surface area contributed by atoms with Gasteiger partial charge in [0.15, 0.2) is 17.8 Å². The molecule has 0 saturated heterocycles. The maximum atomic E-state index is 10.7. The molecule has 0 atom stereocenters. The summed E-state index contributed by atoms with van der Waals surface area (Å²) in [4.78, 5) is 20.9. The highest BCUT2D eigenvalue weighted by Gasteiger charge is 2.11. The number of rotatable bonds is 4. The smallest absolute Gasteiger partial charge is 0.199 e. The Balaban J connectivity index is 2.07. The lowest BCUT2D eigenvalue weighted by atomic mass is 10.1. The van der Waals surface area contributed by atoms with Crippen LogP contribution in [0.25, 0.3) is 0 Å². The molecule has 0 bridgehead atoms. The molecule has 0 spiro atoms. The molecule has 4 heteroatoms. The van der Waals surface area contributed by atoms with Crippen LogP contribution >= 0.6 is 0 Å². The lowest BCUT2D eigenvalue weighted by Crippen LogP contribution is -2.09. The van der Waals surface area contributed by atoms with E-state index in [1.807, 2.05) is 6.08 Å². The van der Waals surface area contributed by atoms with E-state index >= 15 is 0 Å². The van der Waals surface area contributed by atoms with Crippen LogP contribution in [0.4, 0.5) is 0 Å². The minimum absolute atomic E-state index is 0.339. The van der Waals surface area contributed by atoms with Crippen molar-refractivity contribution in [3.63, 3.8) is 0 Å². The third-order valence-electron chi connectivity index (χ3n) is 2.27. The Hall–Kier alpha value is -2.36. The fourth-order valence-electron chi connectivity index (χ4n) is 1.36. The molecule has 0 heterocycles. The van der Waals surface area contributed by atoms with Gasteiger partial charge in [-0.1, -0.05) is 24.3 Å². The van der Waals surface area contributed by atoms with Crippen LogP contribution in [-0.2, 0) is 4.89 Å². The summed E-state index contributed by atoms with van der Waals surface area (Å²) in [7, 11) is 0. The number of aldehydes is 1. The van der Waals surface area contributed by atoms with Crippen LogP contribution in [0.2, 0.25) is 0 Å². The van der Waals surface area contributed by atoms with Crippen molar-refractivity contribution in [3.05, 3.63) is 53.8 Å². The van der Waals surface area contributed by atoms with Crippen LogP contribution in [0.15, 0.2) is 48.3 Å². The van der Waals surface area contributed by atoms with Gasteiger partial charge in [0.05, 0.1) is 11.3 Å². The molecule has 0 saturated carbocycles. The molecule has 1 aromatic carbocycles. The van der Waals surface area contributed by atoms with E-state index in [0.717, 1.165) is 0 Å². The molecule has 0 amide bonds. The van der Waals surface area contributed by atoms with Gasteiger partial charge in [0, 0.05) is 6.42 Å². The van der Waals surface area contributed by atoms with Gasteiger partial charge in [0.1, 0.15) is 0 Å². The average Bonchev–Trinajstić information content (AvgIpc) is 2.38. The van der Waals surface area contributed by atoms with E-state index in [9.17, 15) is 4.79 Å². The standard InChI is InChI=1S/C13H11NO3/c14-11-6-2-4-8-13(11)17-16-12-7-3-1-5-10(12)9-15/h1-5,7-9,14H,6H2. The van der Waals surface area contributed by atoms with E-state index in [2.05, 4.69) is 0 Å². The molecule has 0 aromatic heterocycles. The zero-order valence-corrected chi connectivity index (χ0v) is 9.05. The topological polar surface area (TPSA) is 59.4 Å². The van der Waals surface area contributed by atoms with Gasteiger partial charge >= 0.3 is 0 Å². The Morgan fingerprint density at radius 2 is 2.06 bits per heavy atom. The highest BCUT2D eigenvalue weighted by Crippen LogP contribution is 2.18. The van der Waals surface area contributed by atoms with Gasteiger partial charge in [-0.15, -0.1) is 0 Å². The lowest BCUT2D eigenvalue weighted by Gasteiger charge is -2.11. The molecule has 1 aliphatic rings. The number of para-hydroxylation sites is 1. The highest BCUT2D eigenvalue weighted by molar-refractivity contribution is 5.98. The number of hydrogen-bond acceptors (Lipinski definition) is 4. The Morgan fingerprint density at radius 3 is 2.82 bits per heavy atom. The van der Waals surface area contributed by atoms with Crippen molar-refractivity contribution in [1.82, 2.24) is 0 Å². The Morgan fingerprint density at radius 1 is 1.24 bits per heavy atom. The van der Waals surface area contributed by atoms with Crippen LogP contribution in [-0.4, -0.2) is 12.0 Å². The van der Waals surface area contributed by atoms with Crippen LogP contribution in [0.1, 0.15) is 16.8 Å². The largest absolute Gasteiger partial charge is 0.301 e. The minimum atomic E-state index is 0.339. The van der Waals surface area contributed by atoms with E-state index in [4.69, 9.17) is 15.2 Å². The van der Waals surface area contributed by atoms with Crippen LogP contribution in [0, 0.1) is 5.41 Å². The van der Waals surface area contributed by atoms with Crippen molar-refractivity contribution >= 4 is 12.0 Å². The first-order chi connectivity index (χ1) is 8.31. The lowest BCUT2D eigenvalue weighted by molar-refractivity contribution is -0.158. The summed E-state index contributed by atoms with van der Waals surface area (Å²) in [6, 6.07) is 6.74. The molecular weight excluding hydrogens is 218 g/mol. The van der Waals surface area contributed by atoms with Gasteiger partial charge in [-0.25, -0.2) is 0 Å². The van der Waals surface area contributed by atoms with Crippen molar-refractivity contribution in [2.45, 2.75) is 6.42 Å². The molecule has 0 radical (unpaired) electrons. The fraction of sp³-hybridized carbons (Fsp3) is 0.0769. The van der Waals surface area contributed by atoms with E-state index in [1.165, 1.54) is 0 Å². The third-order valence-corrected chi connectivity index (χ3v) is 2.27. The Kier molecular flexibility index (Phi) is 3.35. The van der Waals surface area contributed by atoms with Crippen molar-refractivity contribution in [3.8, 4) is 5.75 Å². The van der Waals surface area contributed by atoms with Gasteiger partial charge in [-0.3, -0.25) is 14.6 Å². The van der Waals surface area contributed by atoms with Crippen molar-refractivity contribution in [2.75, 3.05) is 0 Å². The first-order valence-electron chi connectivity index (χ1n) is 5.14. The molecule has 4 nitrogen and oxygen atoms in total. The molecule has 0 aliphatic heterocycles. The predicted octanol–water partition coefficient (Wildman–Crippen LogP) is 2.67. The molecule has 0 unspecified atom stereocenters. The van der Waals surface area contributed by atoms with Crippen LogP contribution in [0.3, 0.4) is 0 Å². The molecule has 1 aromatic rings. The first-order valence-corrected chi connectivity index (χ1v) is 5.14. The van der Waals surface area contributed by atoms with Gasteiger partial charge in [0.25, 0.3) is 0 Å². The number of benzene rings is 1. The minimum Gasteiger partial charge on any atom is -0.301 e. The summed E-state index contributed by atoms with van der Waals surface area (Å²) in [5.41, 5.74) is 0.752. The first kappa shape index (κ1) is 11.1. The SMILES string of the molecule is N=C1CC=CC=C1OOc1ccccc1C=O. The molecule has 1 aliphatic carbocycles. The van der Waals surface area contributed by atoms with Gasteiger partial charge in [-0.05, 0) is 18.2 Å². The maximum Gasteiger partial charge on any atom is 0.199 e. The fourth-order valence-corrected chi connectivity index (χ4v) is 1.36. The summed E-state index contributed by atoms with van der Waals surface area (Å²) in [5.74, 6) is 0.693. The van der Waals surface area contributed by atoms with Crippen molar-refractivity contribution in [1.29, 1.82) is 5.41 Å².